The fourth-order valence-corrected chi connectivity index (χ4v) is 2.80. The SMILES string of the molecule is CCOC(=O)C1=Cc2c(C(C)C)cccc2C1C(=O)OCC. The van der Waals surface area contributed by atoms with Gasteiger partial charge in [-0.2, -0.15) is 0 Å². The molecule has 22 heavy (non-hydrogen) atoms. The molecule has 0 saturated carbocycles. The molecule has 0 amide bonds. The maximum atomic E-state index is 12.3. The van der Waals surface area contributed by atoms with Crippen LogP contribution in [0.5, 0.6) is 0 Å². The lowest BCUT2D eigenvalue weighted by atomic mass is 9.91. The molecule has 0 saturated heterocycles. The van der Waals surface area contributed by atoms with Gasteiger partial charge in [0.15, 0.2) is 0 Å². The normalized spacial score (nSPS) is 16.2. The van der Waals surface area contributed by atoms with Gasteiger partial charge in [0.2, 0.25) is 0 Å². The summed E-state index contributed by atoms with van der Waals surface area (Å²) in [5.41, 5.74) is 3.25. The lowest BCUT2D eigenvalue weighted by Gasteiger charge is -2.16. The highest BCUT2D eigenvalue weighted by molar-refractivity contribution is 6.06. The molecule has 0 spiro atoms. The van der Waals surface area contributed by atoms with Crippen LogP contribution in [-0.2, 0) is 19.1 Å². The highest BCUT2D eigenvalue weighted by Crippen LogP contribution is 2.41. The Morgan fingerprint density at radius 2 is 1.82 bits per heavy atom. The molecule has 1 aliphatic rings. The van der Waals surface area contributed by atoms with E-state index in [1.807, 2.05) is 18.2 Å². The molecule has 0 bridgehead atoms. The summed E-state index contributed by atoms with van der Waals surface area (Å²) in [6.45, 7) is 8.24. The molecule has 0 aliphatic heterocycles. The van der Waals surface area contributed by atoms with Crippen LogP contribution < -0.4 is 0 Å². The minimum atomic E-state index is -0.687. The number of rotatable bonds is 5. The van der Waals surface area contributed by atoms with E-state index in [-0.39, 0.29) is 13.2 Å². The summed E-state index contributed by atoms with van der Waals surface area (Å²) in [6, 6.07) is 5.82. The van der Waals surface area contributed by atoms with Gasteiger partial charge in [-0.15, -0.1) is 0 Å². The van der Waals surface area contributed by atoms with E-state index in [0.717, 1.165) is 16.7 Å². The Hall–Kier alpha value is -2.10. The Kier molecular flexibility index (Phi) is 5.01. The molecule has 1 aromatic rings. The van der Waals surface area contributed by atoms with Gasteiger partial charge in [-0.05, 0) is 42.5 Å². The van der Waals surface area contributed by atoms with Crippen molar-refractivity contribution in [3.05, 3.63) is 40.5 Å². The Morgan fingerprint density at radius 1 is 1.14 bits per heavy atom. The standard InChI is InChI=1S/C18H22O4/c1-5-21-17(19)15-10-14-12(11(3)4)8-7-9-13(14)16(15)18(20)22-6-2/h7-11,16H,5-6H2,1-4H3. The first-order valence-corrected chi connectivity index (χ1v) is 7.69. The van der Waals surface area contributed by atoms with E-state index >= 15 is 0 Å². The molecule has 4 nitrogen and oxygen atoms in total. The van der Waals surface area contributed by atoms with E-state index in [2.05, 4.69) is 13.8 Å². The highest BCUT2D eigenvalue weighted by Gasteiger charge is 2.38. The van der Waals surface area contributed by atoms with Crippen LogP contribution in [0.15, 0.2) is 23.8 Å². The fraction of sp³-hybridized carbons (Fsp3) is 0.444. The van der Waals surface area contributed by atoms with Crippen molar-refractivity contribution in [1.29, 1.82) is 0 Å². The zero-order chi connectivity index (χ0) is 16.3. The van der Waals surface area contributed by atoms with Crippen molar-refractivity contribution >= 4 is 18.0 Å². The van der Waals surface area contributed by atoms with Crippen LogP contribution in [0.1, 0.15) is 56.2 Å². The number of carbonyl (C=O) groups is 2. The predicted octanol–water partition coefficient (Wildman–Crippen LogP) is 3.42. The van der Waals surface area contributed by atoms with E-state index < -0.39 is 17.9 Å². The van der Waals surface area contributed by atoms with Crippen LogP contribution in [-0.4, -0.2) is 25.2 Å². The van der Waals surface area contributed by atoms with Crippen molar-refractivity contribution in [3.63, 3.8) is 0 Å². The summed E-state index contributed by atoms with van der Waals surface area (Å²) in [5, 5.41) is 0. The predicted molar refractivity (Wildman–Crippen MR) is 84.5 cm³/mol. The van der Waals surface area contributed by atoms with E-state index in [1.165, 1.54) is 0 Å². The Bertz CT molecular complexity index is 614. The smallest absolute Gasteiger partial charge is 0.335 e. The molecule has 2 rings (SSSR count). The van der Waals surface area contributed by atoms with Gasteiger partial charge in [0.05, 0.1) is 18.8 Å². The molecule has 0 aromatic heterocycles. The third kappa shape index (κ3) is 2.91. The monoisotopic (exact) mass is 302 g/mol. The van der Waals surface area contributed by atoms with Gasteiger partial charge in [0.25, 0.3) is 0 Å². The van der Waals surface area contributed by atoms with Gasteiger partial charge >= 0.3 is 11.9 Å². The first-order chi connectivity index (χ1) is 10.5. The van der Waals surface area contributed by atoms with Crippen LogP contribution in [0.3, 0.4) is 0 Å². The summed E-state index contributed by atoms with van der Waals surface area (Å²) in [7, 11) is 0. The molecule has 1 atom stereocenters. The minimum absolute atomic E-state index is 0.277. The van der Waals surface area contributed by atoms with Gasteiger partial charge in [-0.1, -0.05) is 32.0 Å². The molecule has 0 N–H and O–H groups in total. The molecule has 118 valence electrons. The second kappa shape index (κ2) is 6.77. The second-order valence-electron chi connectivity index (χ2n) is 5.51. The summed E-state index contributed by atoms with van der Waals surface area (Å²) in [5.74, 6) is -1.24. The van der Waals surface area contributed by atoms with E-state index in [0.29, 0.717) is 11.5 Å². The van der Waals surface area contributed by atoms with Crippen LogP contribution in [0, 0.1) is 0 Å². The molecule has 0 fully saturated rings. The lowest BCUT2D eigenvalue weighted by Crippen LogP contribution is -2.21. The van der Waals surface area contributed by atoms with Crippen molar-refractivity contribution in [2.24, 2.45) is 0 Å². The number of fused-ring (bicyclic) bond motifs is 1. The third-order valence-electron chi connectivity index (χ3n) is 3.75. The number of carbonyl (C=O) groups excluding carboxylic acids is 2. The Morgan fingerprint density at radius 3 is 2.41 bits per heavy atom. The van der Waals surface area contributed by atoms with Crippen molar-refractivity contribution in [3.8, 4) is 0 Å². The first kappa shape index (κ1) is 16.3. The van der Waals surface area contributed by atoms with Crippen LogP contribution in [0.2, 0.25) is 0 Å². The molecular weight excluding hydrogens is 280 g/mol. The second-order valence-corrected chi connectivity index (χ2v) is 5.51. The highest BCUT2D eigenvalue weighted by atomic mass is 16.5. The summed E-state index contributed by atoms with van der Waals surface area (Å²) in [6.07, 6.45) is 1.78. The topological polar surface area (TPSA) is 52.6 Å². The number of hydrogen-bond donors (Lipinski definition) is 0. The number of hydrogen-bond acceptors (Lipinski definition) is 4. The Balaban J connectivity index is 2.52. The Labute approximate surface area is 131 Å². The molecule has 1 aliphatic carbocycles. The van der Waals surface area contributed by atoms with E-state index in [9.17, 15) is 9.59 Å². The number of ether oxygens (including phenoxy) is 2. The quantitative estimate of drug-likeness (QED) is 0.782. The summed E-state index contributed by atoms with van der Waals surface area (Å²) in [4.78, 5) is 24.6. The van der Waals surface area contributed by atoms with Crippen molar-refractivity contribution in [1.82, 2.24) is 0 Å². The van der Waals surface area contributed by atoms with Crippen LogP contribution in [0.25, 0.3) is 6.08 Å². The van der Waals surface area contributed by atoms with Gasteiger partial charge in [-0.3, -0.25) is 4.79 Å². The molecule has 4 heteroatoms. The fourth-order valence-electron chi connectivity index (χ4n) is 2.80. The van der Waals surface area contributed by atoms with Crippen molar-refractivity contribution < 1.29 is 19.1 Å². The number of esters is 2. The molecule has 1 aromatic carbocycles. The van der Waals surface area contributed by atoms with Crippen molar-refractivity contribution in [2.45, 2.75) is 39.5 Å². The van der Waals surface area contributed by atoms with Crippen molar-refractivity contribution in [2.75, 3.05) is 13.2 Å². The van der Waals surface area contributed by atoms with Gasteiger partial charge in [0, 0.05) is 0 Å². The summed E-state index contributed by atoms with van der Waals surface area (Å²) < 4.78 is 10.3. The summed E-state index contributed by atoms with van der Waals surface area (Å²) >= 11 is 0. The molecule has 0 heterocycles. The zero-order valence-electron chi connectivity index (χ0n) is 13.5. The average molecular weight is 302 g/mol. The molecule has 1 unspecified atom stereocenters. The maximum Gasteiger partial charge on any atom is 0.335 e. The first-order valence-electron chi connectivity index (χ1n) is 7.69. The number of benzene rings is 1. The van der Waals surface area contributed by atoms with E-state index in [1.54, 1.807) is 19.9 Å². The van der Waals surface area contributed by atoms with Gasteiger partial charge < -0.3 is 9.47 Å². The largest absolute Gasteiger partial charge is 0.465 e. The zero-order valence-corrected chi connectivity index (χ0v) is 13.5. The minimum Gasteiger partial charge on any atom is -0.465 e. The lowest BCUT2D eigenvalue weighted by molar-refractivity contribution is -0.147. The van der Waals surface area contributed by atoms with Crippen LogP contribution in [0.4, 0.5) is 0 Å². The third-order valence-corrected chi connectivity index (χ3v) is 3.75. The maximum absolute atomic E-state index is 12.3. The average Bonchev–Trinajstić information content (AvgIpc) is 2.86. The van der Waals surface area contributed by atoms with Crippen LogP contribution >= 0.6 is 0 Å². The molecular formula is C18H22O4. The van der Waals surface area contributed by atoms with Gasteiger partial charge in [0.1, 0.15) is 5.92 Å². The molecule has 0 radical (unpaired) electrons. The van der Waals surface area contributed by atoms with E-state index in [4.69, 9.17) is 9.47 Å². The van der Waals surface area contributed by atoms with Gasteiger partial charge in [-0.25, -0.2) is 4.79 Å².